The third kappa shape index (κ3) is 3.37. The molecule has 3 N–H and O–H groups in total. The van der Waals surface area contributed by atoms with Gasteiger partial charge >= 0.3 is 0 Å². The van der Waals surface area contributed by atoms with E-state index in [0.717, 1.165) is 25.7 Å². The van der Waals surface area contributed by atoms with Gasteiger partial charge in [-0.25, -0.2) is 0 Å². The fourth-order valence-corrected chi connectivity index (χ4v) is 2.57. The molecule has 0 saturated heterocycles. The van der Waals surface area contributed by atoms with Crippen LogP contribution in [0.1, 0.15) is 36.0 Å². The fraction of sp³-hybridized carbons (Fsp3) is 0.462. The molecule has 0 unspecified atom stereocenters. The number of carbonyl (C=O) groups excluding carboxylic acids is 1. The molecule has 1 amide bonds. The van der Waals surface area contributed by atoms with Gasteiger partial charge in [0.05, 0.1) is 10.6 Å². The molecule has 2 rings (SSSR count). The third-order valence-corrected chi connectivity index (χ3v) is 3.84. The van der Waals surface area contributed by atoms with Crippen molar-refractivity contribution in [1.82, 2.24) is 5.32 Å². The second-order valence-corrected chi connectivity index (χ2v) is 5.55. The van der Waals surface area contributed by atoms with Crippen molar-refractivity contribution in [3.63, 3.8) is 0 Å². The topological polar surface area (TPSA) is 55.1 Å². The lowest BCUT2D eigenvalue weighted by Gasteiger charge is -2.26. The van der Waals surface area contributed by atoms with Gasteiger partial charge in [0.15, 0.2) is 0 Å². The molecule has 1 saturated carbocycles. The first-order valence-electron chi connectivity index (χ1n) is 6.08. The van der Waals surface area contributed by atoms with Crippen LogP contribution in [0.25, 0.3) is 0 Å². The second kappa shape index (κ2) is 5.91. The highest BCUT2D eigenvalue weighted by atomic mass is 35.5. The summed E-state index contributed by atoms with van der Waals surface area (Å²) in [6.07, 6.45) is 3.75. The average Bonchev–Trinajstić information content (AvgIpc) is 2.35. The minimum absolute atomic E-state index is 0.164. The van der Waals surface area contributed by atoms with Crippen LogP contribution in [-0.2, 0) is 0 Å². The van der Waals surface area contributed by atoms with E-state index in [9.17, 15) is 4.79 Å². The highest BCUT2D eigenvalue weighted by Gasteiger charge is 2.21. The molecule has 1 aliphatic carbocycles. The zero-order chi connectivity index (χ0) is 13.1. The average molecular weight is 287 g/mol. The standard InChI is InChI=1S/C13H16Cl2N2O/c14-8-1-6-12(15)11(7-8)13(18)17-10-4-2-9(16)3-5-10/h1,6-7,9-10H,2-5,16H2,(H,17,18). The van der Waals surface area contributed by atoms with Crippen LogP contribution in [0.5, 0.6) is 0 Å². The van der Waals surface area contributed by atoms with Crippen molar-refractivity contribution in [1.29, 1.82) is 0 Å². The summed E-state index contributed by atoms with van der Waals surface area (Å²) < 4.78 is 0. The van der Waals surface area contributed by atoms with Crippen molar-refractivity contribution in [3.05, 3.63) is 33.8 Å². The van der Waals surface area contributed by atoms with Crippen LogP contribution in [-0.4, -0.2) is 18.0 Å². The Hall–Kier alpha value is -0.770. The van der Waals surface area contributed by atoms with E-state index < -0.39 is 0 Å². The van der Waals surface area contributed by atoms with E-state index in [4.69, 9.17) is 28.9 Å². The van der Waals surface area contributed by atoms with E-state index in [2.05, 4.69) is 5.32 Å². The zero-order valence-corrected chi connectivity index (χ0v) is 11.5. The van der Waals surface area contributed by atoms with Crippen molar-refractivity contribution in [3.8, 4) is 0 Å². The number of hydrogen-bond acceptors (Lipinski definition) is 2. The maximum atomic E-state index is 12.1. The first-order chi connectivity index (χ1) is 8.56. The normalized spacial score (nSPS) is 23.7. The van der Waals surface area contributed by atoms with Crippen LogP contribution in [0.15, 0.2) is 18.2 Å². The summed E-state index contributed by atoms with van der Waals surface area (Å²) >= 11 is 11.9. The third-order valence-electron chi connectivity index (χ3n) is 3.28. The number of benzene rings is 1. The summed E-state index contributed by atoms with van der Waals surface area (Å²) in [6.45, 7) is 0. The van der Waals surface area contributed by atoms with Gasteiger partial charge in [0.2, 0.25) is 0 Å². The van der Waals surface area contributed by atoms with Crippen molar-refractivity contribution in [2.45, 2.75) is 37.8 Å². The van der Waals surface area contributed by atoms with E-state index in [-0.39, 0.29) is 18.0 Å². The lowest BCUT2D eigenvalue weighted by molar-refractivity contribution is 0.0926. The van der Waals surface area contributed by atoms with Gasteiger partial charge in [-0.2, -0.15) is 0 Å². The van der Waals surface area contributed by atoms with Crippen LogP contribution in [0, 0.1) is 0 Å². The Balaban J connectivity index is 2.01. The number of carbonyl (C=O) groups is 1. The summed E-state index contributed by atoms with van der Waals surface area (Å²) in [5.74, 6) is -0.164. The Kier molecular flexibility index (Phi) is 4.49. The Morgan fingerprint density at radius 3 is 2.56 bits per heavy atom. The molecule has 98 valence electrons. The monoisotopic (exact) mass is 286 g/mol. The largest absolute Gasteiger partial charge is 0.349 e. The molecule has 5 heteroatoms. The Bertz CT molecular complexity index is 443. The van der Waals surface area contributed by atoms with Crippen LogP contribution in [0.3, 0.4) is 0 Å². The van der Waals surface area contributed by atoms with Gasteiger partial charge in [-0.05, 0) is 43.9 Å². The first-order valence-corrected chi connectivity index (χ1v) is 6.83. The summed E-state index contributed by atoms with van der Waals surface area (Å²) in [7, 11) is 0. The van der Waals surface area contributed by atoms with Gasteiger partial charge in [0, 0.05) is 17.1 Å². The number of hydrogen-bond donors (Lipinski definition) is 2. The zero-order valence-electron chi connectivity index (χ0n) is 9.96. The van der Waals surface area contributed by atoms with E-state index >= 15 is 0 Å². The molecule has 18 heavy (non-hydrogen) atoms. The molecule has 0 aliphatic heterocycles. The van der Waals surface area contributed by atoms with E-state index in [1.807, 2.05) is 0 Å². The quantitative estimate of drug-likeness (QED) is 0.878. The first kappa shape index (κ1) is 13.7. The molecule has 1 aromatic carbocycles. The predicted octanol–water partition coefficient (Wildman–Crippen LogP) is 2.99. The number of amides is 1. The van der Waals surface area contributed by atoms with Crippen LogP contribution in [0.2, 0.25) is 10.0 Å². The van der Waals surface area contributed by atoms with E-state index in [1.165, 1.54) is 0 Å². The van der Waals surface area contributed by atoms with Gasteiger partial charge in [0.1, 0.15) is 0 Å². The number of rotatable bonds is 2. The molecule has 1 aliphatic rings. The molecule has 0 radical (unpaired) electrons. The molecule has 0 spiro atoms. The summed E-state index contributed by atoms with van der Waals surface area (Å²) in [6, 6.07) is 5.35. The van der Waals surface area contributed by atoms with Crippen molar-refractivity contribution < 1.29 is 4.79 Å². The van der Waals surface area contributed by atoms with E-state index in [0.29, 0.717) is 15.6 Å². The SMILES string of the molecule is NC1CCC(NC(=O)c2cc(Cl)ccc2Cl)CC1. The summed E-state index contributed by atoms with van der Waals surface area (Å²) in [5.41, 5.74) is 6.26. The van der Waals surface area contributed by atoms with Gasteiger partial charge in [-0.3, -0.25) is 4.79 Å². The van der Waals surface area contributed by atoms with Gasteiger partial charge in [-0.1, -0.05) is 23.2 Å². The van der Waals surface area contributed by atoms with Crippen molar-refractivity contribution in [2.75, 3.05) is 0 Å². The van der Waals surface area contributed by atoms with Crippen LogP contribution < -0.4 is 11.1 Å². The van der Waals surface area contributed by atoms with Gasteiger partial charge in [-0.15, -0.1) is 0 Å². The molecule has 3 nitrogen and oxygen atoms in total. The minimum atomic E-state index is -0.164. The predicted molar refractivity (Wildman–Crippen MR) is 74.2 cm³/mol. The molecule has 1 aromatic rings. The Morgan fingerprint density at radius 2 is 1.89 bits per heavy atom. The molecule has 0 bridgehead atoms. The van der Waals surface area contributed by atoms with Gasteiger partial charge in [0.25, 0.3) is 5.91 Å². The number of halogens is 2. The maximum absolute atomic E-state index is 12.1. The number of nitrogens with two attached hydrogens (primary N) is 1. The highest BCUT2D eigenvalue weighted by Crippen LogP contribution is 2.22. The van der Waals surface area contributed by atoms with Crippen LogP contribution >= 0.6 is 23.2 Å². The molecule has 1 fully saturated rings. The maximum Gasteiger partial charge on any atom is 0.253 e. The van der Waals surface area contributed by atoms with E-state index in [1.54, 1.807) is 18.2 Å². The summed E-state index contributed by atoms with van der Waals surface area (Å²) in [5, 5.41) is 3.92. The minimum Gasteiger partial charge on any atom is -0.349 e. The smallest absolute Gasteiger partial charge is 0.253 e. The van der Waals surface area contributed by atoms with Gasteiger partial charge < -0.3 is 11.1 Å². The van der Waals surface area contributed by atoms with Crippen molar-refractivity contribution >= 4 is 29.1 Å². The lowest BCUT2D eigenvalue weighted by atomic mass is 9.91. The summed E-state index contributed by atoms with van der Waals surface area (Å²) in [4.78, 5) is 12.1. The molecule has 0 aromatic heterocycles. The lowest BCUT2D eigenvalue weighted by Crippen LogP contribution is -2.40. The molecular formula is C13H16Cl2N2O. The molecule has 0 atom stereocenters. The Labute approximate surface area is 117 Å². The second-order valence-electron chi connectivity index (χ2n) is 4.71. The molecule has 0 heterocycles. The van der Waals surface area contributed by atoms with Crippen LogP contribution in [0.4, 0.5) is 0 Å². The fourth-order valence-electron chi connectivity index (χ4n) is 2.20. The molecular weight excluding hydrogens is 271 g/mol. The Morgan fingerprint density at radius 1 is 1.22 bits per heavy atom. The number of nitrogens with one attached hydrogen (secondary N) is 1. The highest BCUT2D eigenvalue weighted by molar-refractivity contribution is 6.35. The van der Waals surface area contributed by atoms with Crippen molar-refractivity contribution in [2.24, 2.45) is 5.73 Å².